The smallest absolute Gasteiger partial charge is 0.343 e. The van der Waals surface area contributed by atoms with E-state index in [1.165, 1.54) is 40.1 Å². The molecule has 0 saturated heterocycles. The maximum atomic E-state index is 13.0. The first-order valence-corrected chi connectivity index (χ1v) is 10.9. The van der Waals surface area contributed by atoms with Crippen molar-refractivity contribution in [3.8, 4) is 5.75 Å². The van der Waals surface area contributed by atoms with Gasteiger partial charge >= 0.3 is 5.97 Å². The van der Waals surface area contributed by atoms with Crippen LogP contribution in [0.2, 0.25) is 0 Å². The average molecular weight is 463 g/mol. The summed E-state index contributed by atoms with van der Waals surface area (Å²) >= 11 is 0. The Hall–Kier alpha value is -3.81. The Labute approximate surface area is 197 Å². The predicted molar refractivity (Wildman–Crippen MR) is 123 cm³/mol. The van der Waals surface area contributed by atoms with E-state index in [0.717, 1.165) is 0 Å². The van der Waals surface area contributed by atoms with Gasteiger partial charge in [-0.05, 0) is 78.8 Å². The number of carbonyl (C=O) groups excluding carboxylic acids is 5. The monoisotopic (exact) mass is 462 g/mol. The SMILES string of the molecule is Cc1c(OC(=O)c2ccc3c(c2)C(=O)N(C(C)(C)C)C3=O)ccc2c1C(=O)N(C(C)(C)C)C2=O. The van der Waals surface area contributed by atoms with Gasteiger partial charge in [0.1, 0.15) is 5.75 Å². The van der Waals surface area contributed by atoms with Gasteiger partial charge in [-0.25, -0.2) is 4.79 Å². The second-order valence-corrected chi connectivity index (χ2v) is 10.5. The summed E-state index contributed by atoms with van der Waals surface area (Å²) in [4.78, 5) is 66.5. The summed E-state index contributed by atoms with van der Waals surface area (Å²) in [5, 5.41) is 0. The van der Waals surface area contributed by atoms with Gasteiger partial charge in [0, 0.05) is 16.6 Å². The number of imide groups is 2. The van der Waals surface area contributed by atoms with Gasteiger partial charge in [0.05, 0.1) is 27.8 Å². The maximum Gasteiger partial charge on any atom is 0.343 e. The summed E-state index contributed by atoms with van der Waals surface area (Å²) in [6, 6.07) is 7.17. The summed E-state index contributed by atoms with van der Waals surface area (Å²) in [6.45, 7) is 12.2. The van der Waals surface area contributed by atoms with Gasteiger partial charge in [0.2, 0.25) is 0 Å². The van der Waals surface area contributed by atoms with Crippen LogP contribution in [0.3, 0.4) is 0 Å². The predicted octanol–water partition coefficient (Wildman–Crippen LogP) is 4.00. The van der Waals surface area contributed by atoms with Gasteiger partial charge in [-0.2, -0.15) is 0 Å². The maximum absolute atomic E-state index is 13.0. The molecule has 0 aromatic heterocycles. The van der Waals surface area contributed by atoms with Gasteiger partial charge < -0.3 is 4.74 Å². The molecule has 0 N–H and O–H groups in total. The zero-order chi connectivity index (χ0) is 25.3. The van der Waals surface area contributed by atoms with Crippen molar-refractivity contribution in [2.24, 2.45) is 0 Å². The summed E-state index contributed by atoms with van der Waals surface area (Å²) in [5.41, 5.74) is -0.0943. The van der Waals surface area contributed by atoms with E-state index in [0.29, 0.717) is 5.56 Å². The van der Waals surface area contributed by atoms with E-state index < -0.39 is 40.7 Å². The van der Waals surface area contributed by atoms with E-state index in [4.69, 9.17) is 4.74 Å². The van der Waals surface area contributed by atoms with Crippen LogP contribution in [0.15, 0.2) is 30.3 Å². The molecular weight excluding hydrogens is 436 g/mol. The van der Waals surface area contributed by atoms with Crippen molar-refractivity contribution in [3.63, 3.8) is 0 Å². The third-order valence-electron chi connectivity index (χ3n) is 5.93. The molecule has 4 rings (SSSR count). The van der Waals surface area contributed by atoms with E-state index in [9.17, 15) is 24.0 Å². The molecule has 2 heterocycles. The minimum atomic E-state index is -0.746. The first-order chi connectivity index (χ1) is 15.6. The summed E-state index contributed by atoms with van der Waals surface area (Å²) in [5.74, 6) is -2.31. The molecule has 176 valence electrons. The number of fused-ring (bicyclic) bond motifs is 2. The van der Waals surface area contributed by atoms with Gasteiger partial charge in [-0.3, -0.25) is 29.0 Å². The minimum Gasteiger partial charge on any atom is -0.423 e. The molecule has 8 heteroatoms. The van der Waals surface area contributed by atoms with Gasteiger partial charge in [0.15, 0.2) is 0 Å². The first kappa shape index (κ1) is 23.4. The number of ether oxygens (including phenoxy) is 1. The number of carbonyl (C=O) groups is 5. The second kappa shape index (κ2) is 7.35. The zero-order valence-electron chi connectivity index (χ0n) is 20.2. The molecule has 2 aromatic rings. The highest BCUT2D eigenvalue weighted by molar-refractivity contribution is 6.23. The molecule has 2 aliphatic heterocycles. The molecule has 0 bridgehead atoms. The fourth-order valence-electron chi connectivity index (χ4n) is 4.33. The Bertz CT molecular complexity index is 1310. The molecule has 0 saturated carbocycles. The molecule has 4 amide bonds. The number of amides is 4. The largest absolute Gasteiger partial charge is 0.423 e. The van der Waals surface area contributed by atoms with Crippen molar-refractivity contribution in [2.45, 2.75) is 59.5 Å². The van der Waals surface area contributed by atoms with E-state index in [1.54, 1.807) is 48.5 Å². The molecule has 2 aromatic carbocycles. The second-order valence-electron chi connectivity index (χ2n) is 10.5. The van der Waals surface area contributed by atoms with E-state index in [-0.39, 0.29) is 33.6 Å². The normalized spacial score (nSPS) is 15.7. The van der Waals surface area contributed by atoms with Crippen molar-refractivity contribution in [1.29, 1.82) is 0 Å². The third-order valence-corrected chi connectivity index (χ3v) is 5.93. The zero-order valence-corrected chi connectivity index (χ0v) is 20.2. The lowest BCUT2D eigenvalue weighted by Crippen LogP contribution is -2.45. The van der Waals surface area contributed by atoms with Gasteiger partial charge in [0.25, 0.3) is 23.6 Å². The average Bonchev–Trinajstić information content (AvgIpc) is 3.13. The summed E-state index contributed by atoms with van der Waals surface area (Å²) in [7, 11) is 0. The number of hydrogen-bond donors (Lipinski definition) is 0. The van der Waals surface area contributed by atoms with Crippen LogP contribution in [0.1, 0.15) is 98.9 Å². The lowest BCUT2D eigenvalue weighted by Gasteiger charge is -2.29. The van der Waals surface area contributed by atoms with Crippen molar-refractivity contribution >= 4 is 29.6 Å². The minimum absolute atomic E-state index is 0.0919. The topological polar surface area (TPSA) is 101 Å². The van der Waals surface area contributed by atoms with Crippen LogP contribution in [0.25, 0.3) is 0 Å². The molecule has 34 heavy (non-hydrogen) atoms. The lowest BCUT2D eigenvalue weighted by molar-refractivity contribution is 0.0489. The Balaban J connectivity index is 1.65. The first-order valence-electron chi connectivity index (χ1n) is 10.9. The fourth-order valence-corrected chi connectivity index (χ4v) is 4.33. The van der Waals surface area contributed by atoms with Crippen LogP contribution in [0, 0.1) is 6.92 Å². The van der Waals surface area contributed by atoms with Crippen LogP contribution in [0.5, 0.6) is 5.75 Å². The van der Waals surface area contributed by atoms with Crippen molar-refractivity contribution in [2.75, 3.05) is 0 Å². The lowest BCUT2D eigenvalue weighted by atomic mass is 10.0. The van der Waals surface area contributed by atoms with Crippen LogP contribution in [0.4, 0.5) is 0 Å². The Morgan fingerprint density at radius 3 is 1.79 bits per heavy atom. The molecule has 2 aliphatic rings. The van der Waals surface area contributed by atoms with Crippen LogP contribution in [-0.4, -0.2) is 50.5 Å². The van der Waals surface area contributed by atoms with E-state index in [2.05, 4.69) is 0 Å². The number of hydrogen-bond acceptors (Lipinski definition) is 6. The van der Waals surface area contributed by atoms with Crippen LogP contribution in [-0.2, 0) is 0 Å². The number of benzene rings is 2. The molecule has 0 spiro atoms. The number of rotatable bonds is 2. The molecule has 0 radical (unpaired) electrons. The van der Waals surface area contributed by atoms with Crippen molar-refractivity contribution in [3.05, 3.63) is 63.7 Å². The standard InChI is InChI=1S/C26H26N2O6/c1-13-18(11-10-16-19(13)23(32)28(21(16)30)26(5,6)7)34-24(33)14-8-9-15-17(12-14)22(31)27(20(15)29)25(2,3)4/h8-12H,1-7H3. The van der Waals surface area contributed by atoms with E-state index in [1.807, 2.05) is 0 Å². The fraction of sp³-hybridized carbons (Fsp3) is 0.346. The Kier molecular flexibility index (Phi) is 5.05. The Morgan fingerprint density at radius 2 is 1.21 bits per heavy atom. The van der Waals surface area contributed by atoms with Crippen molar-refractivity contribution < 1.29 is 28.7 Å². The summed E-state index contributed by atoms with van der Waals surface area (Å²) in [6.07, 6.45) is 0. The molecule has 0 unspecified atom stereocenters. The summed E-state index contributed by atoms with van der Waals surface area (Å²) < 4.78 is 5.55. The Morgan fingerprint density at radius 1 is 0.706 bits per heavy atom. The van der Waals surface area contributed by atoms with Gasteiger partial charge in [-0.1, -0.05) is 0 Å². The molecule has 0 atom stereocenters. The number of esters is 1. The molecule has 8 nitrogen and oxygen atoms in total. The third kappa shape index (κ3) is 3.41. The molecule has 0 aliphatic carbocycles. The van der Waals surface area contributed by atoms with Crippen LogP contribution >= 0.6 is 0 Å². The highest BCUT2D eigenvalue weighted by Gasteiger charge is 2.44. The molecular formula is C26H26N2O6. The quantitative estimate of drug-likeness (QED) is 0.380. The van der Waals surface area contributed by atoms with Crippen molar-refractivity contribution in [1.82, 2.24) is 9.80 Å². The van der Waals surface area contributed by atoms with E-state index >= 15 is 0 Å². The van der Waals surface area contributed by atoms with Gasteiger partial charge in [-0.15, -0.1) is 0 Å². The number of nitrogens with zero attached hydrogens (tertiary/aromatic N) is 2. The van der Waals surface area contributed by atoms with Crippen LogP contribution < -0.4 is 4.74 Å². The highest BCUT2D eigenvalue weighted by atomic mass is 16.5. The molecule has 0 fully saturated rings. The highest BCUT2D eigenvalue weighted by Crippen LogP contribution is 2.36.